The van der Waals surface area contributed by atoms with Gasteiger partial charge >= 0.3 is 0 Å². The van der Waals surface area contributed by atoms with E-state index < -0.39 is 0 Å². The maximum atomic E-state index is 13.0. The van der Waals surface area contributed by atoms with Crippen LogP contribution in [-0.2, 0) is 9.59 Å². The van der Waals surface area contributed by atoms with Crippen LogP contribution in [0.1, 0.15) is 29.6 Å². The van der Waals surface area contributed by atoms with Crippen molar-refractivity contribution in [1.29, 1.82) is 0 Å². The number of anilines is 2. The molecule has 2 aromatic rings. The first-order valence-corrected chi connectivity index (χ1v) is 10.5. The van der Waals surface area contributed by atoms with E-state index in [1.807, 2.05) is 0 Å². The predicted octanol–water partition coefficient (Wildman–Crippen LogP) is 3.49. The van der Waals surface area contributed by atoms with E-state index in [0.717, 1.165) is 19.3 Å². The minimum absolute atomic E-state index is 0.0829. The van der Waals surface area contributed by atoms with E-state index in [-0.39, 0.29) is 29.6 Å². The molecule has 1 heterocycles. The lowest BCUT2D eigenvalue weighted by molar-refractivity contribution is -0.123. The van der Waals surface area contributed by atoms with Crippen molar-refractivity contribution in [3.05, 3.63) is 48.0 Å². The summed E-state index contributed by atoms with van der Waals surface area (Å²) in [6.45, 7) is 0. The van der Waals surface area contributed by atoms with Crippen molar-refractivity contribution < 1.29 is 23.9 Å². The first-order valence-electron chi connectivity index (χ1n) is 10.5. The lowest BCUT2D eigenvalue weighted by Crippen LogP contribution is -2.32. The Morgan fingerprint density at radius 1 is 0.935 bits per heavy atom. The molecule has 1 saturated heterocycles. The molecule has 7 heteroatoms. The zero-order valence-electron chi connectivity index (χ0n) is 17.5. The molecule has 1 N–H and O–H groups in total. The monoisotopic (exact) mass is 420 g/mol. The molecule has 3 aliphatic rings. The molecule has 3 fully saturated rings. The number of carbonyl (C=O) groups excluding carboxylic acids is 3. The van der Waals surface area contributed by atoms with Gasteiger partial charge in [-0.25, -0.2) is 0 Å². The van der Waals surface area contributed by atoms with E-state index in [0.29, 0.717) is 40.3 Å². The summed E-state index contributed by atoms with van der Waals surface area (Å²) in [7, 11) is 3.07. The van der Waals surface area contributed by atoms with Gasteiger partial charge in [-0.1, -0.05) is 0 Å². The Kier molecular flexibility index (Phi) is 4.68. The van der Waals surface area contributed by atoms with Gasteiger partial charge in [-0.2, -0.15) is 0 Å². The molecule has 0 spiro atoms. The van der Waals surface area contributed by atoms with Crippen LogP contribution in [0.4, 0.5) is 11.4 Å². The summed E-state index contributed by atoms with van der Waals surface area (Å²) >= 11 is 0. The molecule has 2 aliphatic carbocycles. The second-order valence-corrected chi connectivity index (χ2v) is 8.46. The number of imide groups is 1. The van der Waals surface area contributed by atoms with Crippen LogP contribution >= 0.6 is 0 Å². The Morgan fingerprint density at radius 3 is 2.16 bits per heavy atom. The van der Waals surface area contributed by atoms with E-state index >= 15 is 0 Å². The van der Waals surface area contributed by atoms with Crippen molar-refractivity contribution in [3.63, 3.8) is 0 Å². The lowest BCUT2D eigenvalue weighted by atomic mass is 9.81. The molecule has 4 atom stereocenters. The Bertz CT molecular complexity index is 1040. The third-order valence-electron chi connectivity index (χ3n) is 6.97. The zero-order chi connectivity index (χ0) is 21.7. The summed E-state index contributed by atoms with van der Waals surface area (Å²) in [4.78, 5) is 40.0. The Balaban J connectivity index is 1.34. The van der Waals surface area contributed by atoms with E-state index in [1.54, 1.807) is 49.6 Å². The van der Waals surface area contributed by atoms with Gasteiger partial charge in [0.15, 0.2) is 0 Å². The van der Waals surface area contributed by atoms with Crippen molar-refractivity contribution in [1.82, 2.24) is 0 Å². The van der Waals surface area contributed by atoms with E-state index in [9.17, 15) is 14.4 Å². The summed E-state index contributed by atoms with van der Waals surface area (Å²) in [5, 5.41) is 2.82. The molecule has 2 bridgehead atoms. The molecule has 160 valence electrons. The van der Waals surface area contributed by atoms with E-state index in [2.05, 4.69) is 5.32 Å². The Labute approximate surface area is 180 Å². The van der Waals surface area contributed by atoms with Gasteiger partial charge in [0, 0.05) is 11.6 Å². The SMILES string of the molecule is COc1ccc(OC)c(NC(=O)c2ccc(N3C(=O)[C@H]4[C@@H]5CC[C@H](C5)[C@@H]4C3=O)cc2)c1. The first kappa shape index (κ1) is 19.6. The van der Waals surface area contributed by atoms with E-state index in [4.69, 9.17) is 9.47 Å². The maximum Gasteiger partial charge on any atom is 0.255 e. The van der Waals surface area contributed by atoms with Crippen LogP contribution in [-0.4, -0.2) is 31.9 Å². The molecular formula is C24H24N2O5. The Hall–Kier alpha value is -3.35. The minimum atomic E-state index is -0.327. The topological polar surface area (TPSA) is 84.9 Å². The third kappa shape index (κ3) is 3.07. The van der Waals surface area contributed by atoms with Crippen LogP contribution in [0.2, 0.25) is 0 Å². The van der Waals surface area contributed by atoms with Crippen LogP contribution in [0.15, 0.2) is 42.5 Å². The van der Waals surface area contributed by atoms with Crippen molar-refractivity contribution in [2.45, 2.75) is 19.3 Å². The summed E-state index contributed by atoms with van der Waals surface area (Å²) in [5.41, 5.74) is 1.43. The average molecular weight is 420 g/mol. The van der Waals surface area contributed by atoms with Gasteiger partial charge in [0.2, 0.25) is 11.8 Å². The zero-order valence-corrected chi connectivity index (χ0v) is 17.5. The number of nitrogens with zero attached hydrogens (tertiary/aromatic N) is 1. The molecule has 31 heavy (non-hydrogen) atoms. The molecule has 0 radical (unpaired) electrons. The number of amides is 3. The number of carbonyl (C=O) groups is 3. The second kappa shape index (κ2) is 7.41. The van der Waals surface area contributed by atoms with Gasteiger partial charge < -0.3 is 14.8 Å². The highest BCUT2D eigenvalue weighted by Crippen LogP contribution is 2.56. The fourth-order valence-electron chi connectivity index (χ4n) is 5.53. The highest BCUT2D eigenvalue weighted by molar-refractivity contribution is 6.22. The van der Waals surface area contributed by atoms with Crippen molar-refractivity contribution in [3.8, 4) is 11.5 Å². The van der Waals surface area contributed by atoms with Gasteiger partial charge in [-0.05, 0) is 67.5 Å². The maximum absolute atomic E-state index is 13.0. The smallest absolute Gasteiger partial charge is 0.255 e. The van der Waals surface area contributed by atoms with Crippen molar-refractivity contribution in [2.75, 3.05) is 24.4 Å². The number of rotatable bonds is 5. The highest BCUT2D eigenvalue weighted by Gasteiger charge is 2.61. The second-order valence-electron chi connectivity index (χ2n) is 8.46. The van der Waals surface area contributed by atoms with E-state index in [1.165, 1.54) is 12.0 Å². The molecule has 2 saturated carbocycles. The summed E-state index contributed by atoms with van der Waals surface area (Å²) < 4.78 is 10.5. The van der Waals surface area contributed by atoms with Crippen molar-refractivity contribution >= 4 is 29.1 Å². The molecule has 1 aliphatic heterocycles. The predicted molar refractivity (Wildman–Crippen MR) is 114 cm³/mol. The minimum Gasteiger partial charge on any atom is -0.497 e. The van der Waals surface area contributed by atoms with Gasteiger partial charge in [0.25, 0.3) is 5.91 Å². The van der Waals surface area contributed by atoms with Gasteiger partial charge in [-0.3, -0.25) is 19.3 Å². The molecule has 0 aromatic heterocycles. The Morgan fingerprint density at radius 2 is 1.58 bits per heavy atom. The normalized spacial score (nSPS) is 26.2. The largest absolute Gasteiger partial charge is 0.497 e. The van der Waals surface area contributed by atoms with Crippen LogP contribution in [0, 0.1) is 23.7 Å². The standard InChI is InChI=1S/C24H24N2O5/c1-30-17-9-10-19(31-2)18(12-17)25-22(27)13-5-7-16(8-6-13)26-23(28)20-14-3-4-15(11-14)21(20)24(26)29/h5-10,12,14-15,20-21H,3-4,11H2,1-2H3,(H,25,27)/t14-,15-,20+,21+/m1/s1. The molecule has 0 unspecified atom stereocenters. The number of nitrogens with one attached hydrogen (secondary N) is 1. The summed E-state index contributed by atoms with van der Waals surface area (Å²) in [6, 6.07) is 11.7. The van der Waals surface area contributed by atoms with Gasteiger partial charge in [0.05, 0.1) is 37.4 Å². The first-order chi connectivity index (χ1) is 15.0. The molecule has 3 amide bonds. The summed E-state index contributed by atoms with van der Waals surface area (Å²) in [5.74, 6) is 0.994. The molecular weight excluding hydrogens is 396 g/mol. The lowest BCUT2D eigenvalue weighted by Gasteiger charge is -2.19. The molecule has 5 rings (SSSR count). The number of methoxy groups -OCH3 is 2. The van der Waals surface area contributed by atoms with Crippen molar-refractivity contribution in [2.24, 2.45) is 23.7 Å². The third-order valence-corrected chi connectivity index (χ3v) is 6.97. The molecule has 2 aromatic carbocycles. The van der Waals surface area contributed by atoms with Crippen LogP contribution < -0.4 is 19.7 Å². The fourth-order valence-corrected chi connectivity index (χ4v) is 5.53. The van der Waals surface area contributed by atoms with Crippen LogP contribution in [0.5, 0.6) is 11.5 Å². The summed E-state index contributed by atoms with van der Waals surface area (Å²) in [6.07, 6.45) is 3.10. The number of fused-ring (bicyclic) bond motifs is 5. The number of hydrogen-bond acceptors (Lipinski definition) is 5. The molecule has 7 nitrogen and oxygen atoms in total. The average Bonchev–Trinajstić information content (AvgIpc) is 3.47. The van der Waals surface area contributed by atoms with Gasteiger partial charge in [-0.15, -0.1) is 0 Å². The number of ether oxygens (including phenoxy) is 2. The fraction of sp³-hybridized carbons (Fsp3) is 0.375. The number of hydrogen-bond donors (Lipinski definition) is 1. The van der Waals surface area contributed by atoms with Crippen LogP contribution in [0.3, 0.4) is 0 Å². The quantitative estimate of drug-likeness (QED) is 0.749. The van der Waals surface area contributed by atoms with Crippen LogP contribution in [0.25, 0.3) is 0 Å². The van der Waals surface area contributed by atoms with Gasteiger partial charge in [0.1, 0.15) is 11.5 Å². The number of benzene rings is 2. The highest BCUT2D eigenvalue weighted by atomic mass is 16.5.